The van der Waals surface area contributed by atoms with Crippen molar-refractivity contribution < 1.29 is 4.74 Å². The summed E-state index contributed by atoms with van der Waals surface area (Å²) >= 11 is 7.59. The van der Waals surface area contributed by atoms with E-state index < -0.39 is 0 Å². The van der Waals surface area contributed by atoms with E-state index in [0.717, 1.165) is 55.1 Å². The van der Waals surface area contributed by atoms with Crippen LogP contribution < -0.4 is 9.64 Å². The van der Waals surface area contributed by atoms with E-state index in [9.17, 15) is 0 Å². The molecule has 1 aromatic carbocycles. The van der Waals surface area contributed by atoms with Crippen molar-refractivity contribution in [2.75, 3.05) is 44.2 Å². The maximum Gasteiger partial charge on any atom is 0.185 e. The molecule has 2 heterocycles. The molecule has 130 valence electrons. The Morgan fingerprint density at radius 2 is 1.83 bits per heavy atom. The molecule has 1 saturated heterocycles. The van der Waals surface area contributed by atoms with E-state index in [1.807, 2.05) is 35.8 Å². The summed E-state index contributed by atoms with van der Waals surface area (Å²) in [6, 6.07) is 7.57. The number of ether oxygens (including phenoxy) is 1. The molecule has 4 nitrogen and oxygen atoms in total. The van der Waals surface area contributed by atoms with Crippen LogP contribution in [0.25, 0.3) is 0 Å². The fraction of sp³-hybridized carbons (Fsp3) is 0.500. The van der Waals surface area contributed by atoms with Gasteiger partial charge in [0.1, 0.15) is 5.75 Å². The molecule has 24 heavy (non-hydrogen) atoms. The van der Waals surface area contributed by atoms with Gasteiger partial charge in [-0.05, 0) is 50.1 Å². The summed E-state index contributed by atoms with van der Waals surface area (Å²) in [4.78, 5) is 9.34. The topological polar surface area (TPSA) is 28.6 Å². The highest BCUT2D eigenvalue weighted by atomic mass is 35.5. The number of anilines is 1. The minimum Gasteiger partial charge on any atom is -0.494 e. The normalized spacial score (nSPS) is 15.6. The molecule has 6 heteroatoms. The minimum atomic E-state index is 0.748. The van der Waals surface area contributed by atoms with Crippen LogP contribution in [0.1, 0.15) is 19.3 Å². The number of halogens is 1. The monoisotopic (exact) mass is 365 g/mol. The van der Waals surface area contributed by atoms with Crippen LogP contribution in [0.15, 0.2) is 35.8 Å². The van der Waals surface area contributed by atoms with Crippen LogP contribution in [-0.4, -0.2) is 49.2 Å². The molecule has 1 aliphatic rings. The average Bonchev–Trinajstić information content (AvgIpc) is 3.15. The molecule has 0 saturated carbocycles. The van der Waals surface area contributed by atoms with Gasteiger partial charge in [-0.1, -0.05) is 11.6 Å². The Morgan fingerprint density at radius 3 is 2.54 bits per heavy atom. The van der Waals surface area contributed by atoms with Crippen LogP contribution in [0, 0.1) is 0 Å². The van der Waals surface area contributed by atoms with Gasteiger partial charge < -0.3 is 9.64 Å². The summed E-state index contributed by atoms with van der Waals surface area (Å²) in [6.45, 7) is 6.42. The molecular weight excluding hydrogens is 342 g/mol. The molecule has 0 radical (unpaired) electrons. The van der Waals surface area contributed by atoms with Crippen LogP contribution in [0.4, 0.5) is 5.13 Å². The molecule has 1 fully saturated rings. The summed E-state index contributed by atoms with van der Waals surface area (Å²) in [7, 11) is 0. The number of hydrogen-bond acceptors (Lipinski definition) is 5. The maximum atomic E-state index is 5.86. The van der Waals surface area contributed by atoms with Crippen molar-refractivity contribution in [1.82, 2.24) is 9.88 Å². The molecule has 1 aromatic heterocycles. The van der Waals surface area contributed by atoms with Gasteiger partial charge in [0, 0.05) is 42.8 Å². The Kier molecular flexibility index (Phi) is 6.75. The zero-order valence-corrected chi connectivity index (χ0v) is 15.4. The standard InChI is InChI=1S/C18H24ClN3OS/c19-16-4-6-17(7-5-16)23-14-3-1-2-9-21-10-12-22(13-11-21)18-20-8-15-24-18/h4-8,15H,1-3,9-14H2. The highest BCUT2D eigenvalue weighted by Gasteiger charge is 2.17. The van der Waals surface area contributed by atoms with Crippen molar-refractivity contribution in [3.05, 3.63) is 40.9 Å². The molecule has 0 unspecified atom stereocenters. The number of hydrogen-bond donors (Lipinski definition) is 0. The molecule has 0 N–H and O–H groups in total. The van der Waals surface area contributed by atoms with Gasteiger partial charge in [0.05, 0.1) is 6.61 Å². The van der Waals surface area contributed by atoms with Gasteiger partial charge >= 0.3 is 0 Å². The molecule has 3 rings (SSSR count). The van der Waals surface area contributed by atoms with E-state index in [4.69, 9.17) is 16.3 Å². The van der Waals surface area contributed by atoms with Crippen molar-refractivity contribution in [3.63, 3.8) is 0 Å². The third kappa shape index (κ3) is 5.36. The quantitative estimate of drug-likeness (QED) is 0.656. The van der Waals surface area contributed by atoms with Crippen LogP contribution >= 0.6 is 22.9 Å². The third-order valence-electron chi connectivity index (χ3n) is 4.26. The minimum absolute atomic E-state index is 0.748. The van der Waals surface area contributed by atoms with Crippen LogP contribution in [0.3, 0.4) is 0 Å². The Hall–Kier alpha value is -1.30. The van der Waals surface area contributed by atoms with Gasteiger partial charge in [-0.2, -0.15) is 0 Å². The van der Waals surface area contributed by atoms with Crippen molar-refractivity contribution in [2.45, 2.75) is 19.3 Å². The molecule has 0 spiro atoms. The summed E-state index contributed by atoms with van der Waals surface area (Å²) < 4.78 is 5.72. The van der Waals surface area contributed by atoms with E-state index in [-0.39, 0.29) is 0 Å². The Morgan fingerprint density at radius 1 is 1.04 bits per heavy atom. The van der Waals surface area contributed by atoms with Crippen molar-refractivity contribution in [2.24, 2.45) is 0 Å². The first-order valence-corrected chi connectivity index (χ1v) is 9.82. The second-order valence-corrected chi connectivity index (χ2v) is 7.32. The zero-order chi connectivity index (χ0) is 16.6. The maximum absolute atomic E-state index is 5.86. The van der Waals surface area contributed by atoms with Crippen molar-refractivity contribution in [1.29, 1.82) is 0 Å². The van der Waals surface area contributed by atoms with E-state index in [2.05, 4.69) is 14.8 Å². The van der Waals surface area contributed by atoms with Crippen molar-refractivity contribution in [3.8, 4) is 5.75 Å². The van der Waals surface area contributed by atoms with Gasteiger partial charge in [0.2, 0.25) is 0 Å². The number of aromatic nitrogens is 1. The zero-order valence-electron chi connectivity index (χ0n) is 13.9. The summed E-state index contributed by atoms with van der Waals surface area (Å²) in [5.74, 6) is 0.901. The predicted molar refractivity (Wildman–Crippen MR) is 102 cm³/mol. The molecular formula is C18H24ClN3OS. The SMILES string of the molecule is Clc1ccc(OCCCCCN2CCN(c3nccs3)CC2)cc1. The van der Waals surface area contributed by atoms with E-state index in [0.29, 0.717) is 0 Å². The highest BCUT2D eigenvalue weighted by Crippen LogP contribution is 2.19. The summed E-state index contributed by atoms with van der Waals surface area (Å²) in [5.41, 5.74) is 0. The van der Waals surface area contributed by atoms with E-state index >= 15 is 0 Å². The first-order valence-electron chi connectivity index (χ1n) is 8.56. The second kappa shape index (κ2) is 9.25. The van der Waals surface area contributed by atoms with Crippen LogP contribution in [-0.2, 0) is 0 Å². The summed E-state index contributed by atoms with van der Waals surface area (Å²) in [6.07, 6.45) is 5.43. The Balaban J connectivity index is 1.23. The van der Waals surface area contributed by atoms with Gasteiger partial charge in [0.25, 0.3) is 0 Å². The predicted octanol–water partition coefficient (Wildman–Crippen LogP) is 4.17. The van der Waals surface area contributed by atoms with Crippen molar-refractivity contribution >= 4 is 28.1 Å². The van der Waals surface area contributed by atoms with Gasteiger partial charge in [0.15, 0.2) is 5.13 Å². The number of piperazine rings is 1. The number of benzene rings is 1. The Labute approximate surface area is 153 Å². The molecule has 0 amide bonds. The van der Waals surface area contributed by atoms with E-state index in [1.165, 1.54) is 19.4 Å². The number of rotatable bonds is 8. The number of thiazole rings is 1. The lowest BCUT2D eigenvalue weighted by atomic mass is 10.2. The fourth-order valence-corrected chi connectivity index (χ4v) is 3.69. The molecule has 0 bridgehead atoms. The average molecular weight is 366 g/mol. The lowest BCUT2D eigenvalue weighted by molar-refractivity contribution is 0.246. The fourth-order valence-electron chi connectivity index (χ4n) is 2.87. The van der Waals surface area contributed by atoms with Crippen LogP contribution in [0.5, 0.6) is 5.75 Å². The van der Waals surface area contributed by atoms with E-state index in [1.54, 1.807) is 11.3 Å². The lowest BCUT2D eigenvalue weighted by Gasteiger charge is -2.34. The first kappa shape index (κ1) is 17.5. The van der Waals surface area contributed by atoms with Gasteiger partial charge in [-0.3, -0.25) is 4.90 Å². The lowest BCUT2D eigenvalue weighted by Crippen LogP contribution is -2.46. The molecule has 2 aromatic rings. The molecule has 0 aliphatic carbocycles. The number of nitrogens with zero attached hydrogens (tertiary/aromatic N) is 3. The molecule has 1 aliphatic heterocycles. The third-order valence-corrected chi connectivity index (χ3v) is 5.35. The largest absolute Gasteiger partial charge is 0.494 e. The highest BCUT2D eigenvalue weighted by molar-refractivity contribution is 7.13. The van der Waals surface area contributed by atoms with Gasteiger partial charge in [-0.25, -0.2) is 4.98 Å². The van der Waals surface area contributed by atoms with Gasteiger partial charge in [-0.15, -0.1) is 11.3 Å². The van der Waals surface area contributed by atoms with Crippen LogP contribution in [0.2, 0.25) is 5.02 Å². The Bertz CT molecular complexity index is 583. The smallest absolute Gasteiger partial charge is 0.185 e. The number of unbranched alkanes of at least 4 members (excludes halogenated alkanes) is 2. The summed E-state index contributed by atoms with van der Waals surface area (Å²) in [5, 5.41) is 3.96. The second-order valence-electron chi connectivity index (χ2n) is 6.01. The first-order chi connectivity index (χ1) is 11.8. The molecule has 0 atom stereocenters.